The molecule has 0 radical (unpaired) electrons. The molecule has 0 saturated carbocycles. The zero-order valence-electron chi connectivity index (χ0n) is 12.1. The summed E-state index contributed by atoms with van der Waals surface area (Å²) in [7, 11) is 2.07. The van der Waals surface area contributed by atoms with Gasteiger partial charge in [0.15, 0.2) is 5.82 Å². The summed E-state index contributed by atoms with van der Waals surface area (Å²) in [5.41, 5.74) is 2.58. The maximum Gasteiger partial charge on any atom is 0.240 e. The van der Waals surface area contributed by atoms with Gasteiger partial charge in [-0.2, -0.15) is 4.98 Å². The van der Waals surface area contributed by atoms with Gasteiger partial charge in [-0.3, -0.25) is 4.90 Å². The summed E-state index contributed by atoms with van der Waals surface area (Å²) < 4.78 is 5.23. The van der Waals surface area contributed by atoms with Crippen LogP contribution in [0.2, 0.25) is 0 Å². The molecule has 0 aliphatic carbocycles. The highest BCUT2D eigenvalue weighted by Gasteiger charge is 2.15. The summed E-state index contributed by atoms with van der Waals surface area (Å²) >= 11 is 0. The van der Waals surface area contributed by atoms with Gasteiger partial charge in [0.25, 0.3) is 0 Å². The van der Waals surface area contributed by atoms with E-state index in [1.165, 1.54) is 11.1 Å². The number of benzene rings is 1. The van der Waals surface area contributed by atoms with Crippen molar-refractivity contribution < 1.29 is 4.52 Å². The molecule has 2 aromatic rings. The molecule has 1 heterocycles. The fourth-order valence-corrected chi connectivity index (χ4v) is 1.95. The van der Waals surface area contributed by atoms with Crippen LogP contribution in [0.15, 0.2) is 28.8 Å². The lowest BCUT2D eigenvalue weighted by Crippen LogP contribution is -2.22. The van der Waals surface area contributed by atoms with E-state index in [1.54, 1.807) is 0 Å². The van der Waals surface area contributed by atoms with Crippen LogP contribution in [0.5, 0.6) is 0 Å². The van der Waals surface area contributed by atoms with Gasteiger partial charge in [-0.25, -0.2) is 0 Å². The second-order valence-corrected chi connectivity index (χ2v) is 4.96. The molecule has 1 atom stereocenters. The smallest absolute Gasteiger partial charge is 0.240 e. The van der Waals surface area contributed by atoms with Crippen molar-refractivity contribution in [2.24, 2.45) is 0 Å². The van der Waals surface area contributed by atoms with Crippen molar-refractivity contribution in [2.45, 2.75) is 39.8 Å². The van der Waals surface area contributed by atoms with Crippen LogP contribution in [-0.4, -0.2) is 22.1 Å². The van der Waals surface area contributed by atoms with Crippen molar-refractivity contribution in [3.05, 3.63) is 47.1 Å². The topological polar surface area (TPSA) is 42.2 Å². The Labute approximate surface area is 114 Å². The number of hydrogen-bond acceptors (Lipinski definition) is 4. The Balaban J connectivity index is 2.02. The molecular weight excluding hydrogens is 238 g/mol. The Kier molecular flexibility index (Phi) is 4.32. The zero-order chi connectivity index (χ0) is 13.8. The Bertz CT molecular complexity index is 518. The molecule has 1 aromatic carbocycles. The fraction of sp³-hybridized carbons (Fsp3) is 0.467. The minimum absolute atomic E-state index is 0.317. The summed E-state index contributed by atoms with van der Waals surface area (Å²) in [6.45, 7) is 6.97. The van der Waals surface area contributed by atoms with E-state index in [9.17, 15) is 0 Å². The second-order valence-electron chi connectivity index (χ2n) is 4.96. The average molecular weight is 259 g/mol. The van der Waals surface area contributed by atoms with Gasteiger partial charge in [0.05, 0.1) is 6.54 Å². The van der Waals surface area contributed by atoms with E-state index in [0.29, 0.717) is 18.5 Å². The van der Waals surface area contributed by atoms with Gasteiger partial charge in [-0.05, 0) is 26.5 Å². The summed E-state index contributed by atoms with van der Waals surface area (Å²) in [5, 5.41) is 3.92. The molecule has 2 rings (SSSR count). The Morgan fingerprint density at radius 1 is 1.26 bits per heavy atom. The van der Waals surface area contributed by atoms with Crippen LogP contribution in [-0.2, 0) is 13.0 Å². The first-order chi connectivity index (χ1) is 9.10. The van der Waals surface area contributed by atoms with Gasteiger partial charge in [0.2, 0.25) is 5.89 Å². The molecule has 0 aliphatic heterocycles. The summed E-state index contributed by atoms with van der Waals surface area (Å²) in [4.78, 5) is 6.55. The van der Waals surface area contributed by atoms with E-state index in [2.05, 4.69) is 60.2 Å². The van der Waals surface area contributed by atoms with E-state index >= 15 is 0 Å². The van der Waals surface area contributed by atoms with Crippen LogP contribution >= 0.6 is 0 Å². The van der Waals surface area contributed by atoms with Crippen molar-refractivity contribution in [1.82, 2.24) is 15.0 Å². The average Bonchev–Trinajstić information content (AvgIpc) is 2.86. The fourth-order valence-electron chi connectivity index (χ4n) is 1.95. The van der Waals surface area contributed by atoms with Gasteiger partial charge in [-0.15, -0.1) is 0 Å². The molecule has 0 bridgehead atoms. The third kappa shape index (κ3) is 3.41. The highest BCUT2D eigenvalue weighted by molar-refractivity contribution is 5.23. The Hall–Kier alpha value is -1.68. The molecule has 19 heavy (non-hydrogen) atoms. The predicted molar refractivity (Wildman–Crippen MR) is 74.7 cm³/mol. The lowest BCUT2D eigenvalue weighted by atomic mass is 10.1. The van der Waals surface area contributed by atoms with Crippen molar-refractivity contribution in [3.63, 3.8) is 0 Å². The first-order valence-corrected chi connectivity index (χ1v) is 6.68. The third-order valence-corrected chi connectivity index (χ3v) is 3.43. The van der Waals surface area contributed by atoms with Crippen LogP contribution in [0.4, 0.5) is 0 Å². The number of hydrogen-bond donors (Lipinski definition) is 0. The molecule has 0 aliphatic rings. The molecule has 1 aromatic heterocycles. The first kappa shape index (κ1) is 13.7. The van der Waals surface area contributed by atoms with E-state index < -0.39 is 0 Å². The monoisotopic (exact) mass is 259 g/mol. The van der Waals surface area contributed by atoms with Crippen LogP contribution < -0.4 is 0 Å². The van der Waals surface area contributed by atoms with Crippen molar-refractivity contribution >= 4 is 0 Å². The normalized spacial score (nSPS) is 12.9. The molecule has 0 unspecified atom stereocenters. The number of rotatable bonds is 5. The van der Waals surface area contributed by atoms with Gasteiger partial charge in [-0.1, -0.05) is 41.9 Å². The summed E-state index contributed by atoms with van der Waals surface area (Å²) in [6.07, 6.45) is 0.806. The lowest BCUT2D eigenvalue weighted by molar-refractivity contribution is 0.216. The van der Waals surface area contributed by atoms with Crippen LogP contribution in [0.25, 0.3) is 0 Å². The van der Waals surface area contributed by atoms with Gasteiger partial charge >= 0.3 is 0 Å². The Morgan fingerprint density at radius 3 is 2.53 bits per heavy atom. The maximum atomic E-state index is 5.23. The Morgan fingerprint density at radius 2 is 1.95 bits per heavy atom. The van der Waals surface area contributed by atoms with Crippen molar-refractivity contribution in [2.75, 3.05) is 7.05 Å². The SMILES string of the molecule is CCc1noc(CN(C)[C@H](C)c2ccc(C)cc2)n1. The molecule has 0 fully saturated rings. The number of nitrogens with zero attached hydrogens (tertiary/aromatic N) is 3. The summed E-state index contributed by atoms with van der Waals surface area (Å²) in [5.74, 6) is 1.45. The number of aromatic nitrogens is 2. The molecule has 0 amide bonds. The summed E-state index contributed by atoms with van der Waals surface area (Å²) in [6, 6.07) is 8.93. The van der Waals surface area contributed by atoms with Gasteiger partial charge in [0.1, 0.15) is 0 Å². The van der Waals surface area contributed by atoms with Crippen LogP contribution in [0.1, 0.15) is 42.7 Å². The first-order valence-electron chi connectivity index (χ1n) is 6.68. The highest BCUT2D eigenvalue weighted by Crippen LogP contribution is 2.20. The van der Waals surface area contributed by atoms with Gasteiger partial charge < -0.3 is 4.52 Å². The lowest BCUT2D eigenvalue weighted by Gasteiger charge is -2.23. The van der Waals surface area contributed by atoms with Crippen molar-refractivity contribution in [1.29, 1.82) is 0 Å². The second kappa shape index (κ2) is 5.97. The predicted octanol–water partition coefficient (Wildman–Crippen LogP) is 3.13. The standard InChI is InChI=1S/C15H21N3O/c1-5-14-16-15(19-17-14)10-18(4)12(3)13-8-6-11(2)7-9-13/h6-9,12H,5,10H2,1-4H3/t12-/m1/s1. The quantitative estimate of drug-likeness (QED) is 0.827. The molecule has 0 N–H and O–H groups in total. The largest absolute Gasteiger partial charge is 0.338 e. The van der Waals surface area contributed by atoms with E-state index in [0.717, 1.165) is 12.2 Å². The minimum Gasteiger partial charge on any atom is -0.338 e. The highest BCUT2D eigenvalue weighted by atomic mass is 16.5. The third-order valence-electron chi connectivity index (χ3n) is 3.43. The minimum atomic E-state index is 0.317. The van der Waals surface area contributed by atoms with Gasteiger partial charge in [0, 0.05) is 12.5 Å². The van der Waals surface area contributed by atoms with Crippen LogP contribution in [0.3, 0.4) is 0 Å². The van der Waals surface area contributed by atoms with Crippen molar-refractivity contribution in [3.8, 4) is 0 Å². The molecular formula is C15H21N3O. The number of aryl methyl sites for hydroxylation is 2. The molecule has 4 heteroatoms. The van der Waals surface area contributed by atoms with Crippen LogP contribution in [0, 0.1) is 6.92 Å². The molecule has 4 nitrogen and oxygen atoms in total. The maximum absolute atomic E-state index is 5.23. The van der Waals surface area contributed by atoms with E-state index in [4.69, 9.17) is 4.52 Å². The molecule has 102 valence electrons. The van der Waals surface area contributed by atoms with E-state index in [1.807, 2.05) is 6.92 Å². The molecule has 0 spiro atoms. The van der Waals surface area contributed by atoms with E-state index in [-0.39, 0.29) is 0 Å². The molecule has 0 saturated heterocycles. The zero-order valence-corrected chi connectivity index (χ0v) is 12.1.